The molecule has 0 aromatic heterocycles. The molecule has 0 N–H and O–H groups in total. The van der Waals surface area contributed by atoms with Gasteiger partial charge in [0, 0.05) is 24.4 Å². The van der Waals surface area contributed by atoms with Crippen LogP contribution in [-0.2, 0) is 9.59 Å². The highest BCUT2D eigenvalue weighted by Crippen LogP contribution is 2.34. The van der Waals surface area contributed by atoms with Crippen LogP contribution in [0.3, 0.4) is 0 Å². The second-order valence-electron chi connectivity index (χ2n) is 6.26. The molecule has 0 aliphatic carbocycles. The van der Waals surface area contributed by atoms with Gasteiger partial charge in [-0.05, 0) is 25.0 Å². The number of hydrazone groups is 1. The molecular formula is C20H18FN2O3-. The number of benzene rings is 2. The van der Waals surface area contributed by atoms with E-state index in [2.05, 4.69) is 5.10 Å². The number of carbonyl (C=O) groups is 2. The van der Waals surface area contributed by atoms with Crippen molar-refractivity contribution in [2.24, 2.45) is 5.10 Å². The highest BCUT2D eigenvalue weighted by Gasteiger charge is 2.34. The van der Waals surface area contributed by atoms with Gasteiger partial charge in [-0.15, -0.1) is 0 Å². The van der Waals surface area contributed by atoms with Gasteiger partial charge in [-0.25, -0.2) is 9.40 Å². The fourth-order valence-corrected chi connectivity index (χ4v) is 2.97. The van der Waals surface area contributed by atoms with Crippen molar-refractivity contribution < 1.29 is 19.1 Å². The quantitative estimate of drug-likeness (QED) is 0.828. The van der Waals surface area contributed by atoms with Gasteiger partial charge >= 0.3 is 0 Å². The maximum Gasteiger partial charge on any atom is 0.243 e. The minimum atomic E-state index is -1.30. The van der Waals surface area contributed by atoms with Gasteiger partial charge in [0.1, 0.15) is 5.82 Å². The zero-order chi connectivity index (χ0) is 18.7. The number of aliphatic carboxylic acids is 1. The van der Waals surface area contributed by atoms with E-state index in [1.165, 1.54) is 11.1 Å². The summed E-state index contributed by atoms with van der Waals surface area (Å²) in [5, 5.41) is 16.3. The number of hydrogen-bond acceptors (Lipinski definition) is 4. The monoisotopic (exact) mass is 353 g/mol. The molecule has 0 radical (unpaired) electrons. The van der Waals surface area contributed by atoms with E-state index in [-0.39, 0.29) is 6.42 Å². The van der Waals surface area contributed by atoms with Crippen molar-refractivity contribution >= 4 is 17.6 Å². The Kier molecular flexibility index (Phi) is 5.11. The van der Waals surface area contributed by atoms with Gasteiger partial charge in [-0.1, -0.05) is 48.0 Å². The number of amides is 1. The first-order valence-corrected chi connectivity index (χ1v) is 8.36. The molecule has 1 aliphatic rings. The lowest BCUT2D eigenvalue weighted by Gasteiger charge is -2.22. The Hall–Kier alpha value is -3.02. The van der Waals surface area contributed by atoms with Crippen molar-refractivity contribution in [3.8, 4) is 0 Å². The Balaban J connectivity index is 1.93. The average molecular weight is 353 g/mol. The molecule has 0 bridgehead atoms. The van der Waals surface area contributed by atoms with Gasteiger partial charge in [0.2, 0.25) is 5.91 Å². The second-order valence-corrected chi connectivity index (χ2v) is 6.26. The zero-order valence-corrected chi connectivity index (χ0v) is 14.3. The number of carbonyl (C=O) groups excluding carboxylic acids is 2. The van der Waals surface area contributed by atoms with Crippen LogP contribution in [0.2, 0.25) is 0 Å². The molecule has 0 fully saturated rings. The van der Waals surface area contributed by atoms with E-state index in [0.29, 0.717) is 17.7 Å². The Morgan fingerprint density at radius 1 is 1.15 bits per heavy atom. The molecule has 1 amide bonds. The lowest BCUT2D eigenvalue weighted by Crippen LogP contribution is -2.30. The van der Waals surface area contributed by atoms with Crippen molar-refractivity contribution in [3.63, 3.8) is 0 Å². The first kappa shape index (κ1) is 17.8. The molecule has 0 saturated carbocycles. The summed E-state index contributed by atoms with van der Waals surface area (Å²) in [6.07, 6.45) is -0.270. The van der Waals surface area contributed by atoms with Crippen molar-refractivity contribution in [1.29, 1.82) is 0 Å². The van der Waals surface area contributed by atoms with Gasteiger partial charge in [0.25, 0.3) is 0 Å². The van der Waals surface area contributed by atoms with E-state index < -0.39 is 30.2 Å². The standard InChI is InChI=1S/C20H19FN2O3/c1-13-6-8-14(9-7-13)17-12-18(15-4-2-3-5-16(15)21)23(22-17)19(24)10-11-20(25)26/h2-9,18H,10-12H2,1H3,(H,25,26)/p-1. The molecule has 1 heterocycles. The molecule has 1 atom stereocenters. The third-order valence-electron chi connectivity index (χ3n) is 4.36. The molecule has 6 heteroatoms. The summed E-state index contributed by atoms with van der Waals surface area (Å²) in [6.45, 7) is 1.97. The smallest absolute Gasteiger partial charge is 0.243 e. The summed E-state index contributed by atoms with van der Waals surface area (Å²) in [6, 6.07) is 13.3. The molecule has 0 spiro atoms. The fraction of sp³-hybridized carbons (Fsp3) is 0.250. The van der Waals surface area contributed by atoms with E-state index in [1.807, 2.05) is 31.2 Å². The largest absolute Gasteiger partial charge is 0.550 e. The third-order valence-corrected chi connectivity index (χ3v) is 4.36. The van der Waals surface area contributed by atoms with Crippen LogP contribution in [0.5, 0.6) is 0 Å². The second kappa shape index (κ2) is 7.47. The normalized spacial score (nSPS) is 16.5. The van der Waals surface area contributed by atoms with Gasteiger partial charge < -0.3 is 9.90 Å². The van der Waals surface area contributed by atoms with E-state index in [1.54, 1.807) is 18.2 Å². The van der Waals surface area contributed by atoms with Gasteiger partial charge in [0.15, 0.2) is 0 Å². The van der Waals surface area contributed by atoms with Crippen LogP contribution >= 0.6 is 0 Å². The van der Waals surface area contributed by atoms with E-state index in [9.17, 15) is 19.1 Å². The Labute approximate surface area is 150 Å². The van der Waals surface area contributed by atoms with Crippen LogP contribution in [0, 0.1) is 12.7 Å². The van der Waals surface area contributed by atoms with Crippen LogP contribution in [-0.4, -0.2) is 22.6 Å². The summed E-state index contributed by atoms with van der Waals surface area (Å²) in [7, 11) is 0. The summed E-state index contributed by atoms with van der Waals surface area (Å²) in [5.74, 6) is -2.19. The molecule has 3 rings (SSSR count). The number of carboxylic acids is 1. The summed E-state index contributed by atoms with van der Waals surface area (Å²) in [4.78, 5) is 23.1. The highest BCUT2D eigenvalue weighted by molar-refractivity contribution is 6.03. The Morgan fingerprint density at radius 2 is 1.85 bits per heavy atom. The predicted molar refractivity (Wildman–Crippen MR) is 92.6 cm³/mol. The molecule has 2 aromatic rings. The number of nitrogens with zero attached hydrogens (tertiary/aromatic N) is 2. The Morgan fingerprint density at radius 3 is 2.50 bits per heavy atom. The SMILES string of the molecule is Cc1ccc(C2=NN(C(=O)CCC(=O)[O-])C(c3ccccc3F)C2)cc1. The Bertz CT molecular complexity index is 862. The van der Waals surface area contributed by atoms with Crippen LogP contribution in [0.25, 0.3) is 0 Å². The van der Waals surface area contributed by atoms with Crippen molar-refractivity contribution in [1.82, 2.24) is 5.01 Å². The highest BCUT2D eigenvalue weighted by atomic mass is 19.1. The molecular weight excluding hydrogens is 335 g/mol. The van der Waals surface area contributed by atoms with Gasteiger partial charge in [-0.2, -0.15) is 5.10 Å². The lowest BCUT2D eigenvalue weighted by atomic mass is 9.97. The first-order chi connectivity index (χ1) is 12.5. The van der Waals surface area contributed by atoms with Crippen molar-refractivity contribution in [3.05, 3.63) is 71.0 Å². The summed E-state index contributed by atoms with van der Waals surface area (Å²) in [5.41, 5.74) is 2.98. The van der Waals surface area contributed by atoms with Crippen LogP contribution < -0.4 is 5.11 Å². The molecule has 0 saturated heterocycles. The van der Waals surface area contributed by atoms with E-state index in [4.69, 9.17) is 0 Å². The van der Waals surface area contributed by atoms with E-state index in [0.717, 1.165) is 11.1 Å². The fourth-order valence-electron chi connectivity index (χ4n) is 2.97. The zero-order valence-electron chi connectivity index (χ0n) is 14.3. The van der Waals surface area contributed by atoms with Gasteiger partial charge in [-0.3, -0.25) is 4.79 Å². The van der Waals surface area contributed by atoms with Crippen molar-refractivity contribution in [2.45, 2.75) is 32.2 Å². The van der Waals surface area contributed by atoms with Gasteiger partial charge in [0.05, 0.1) is 11.8 Å². The minimum absolute atomic E-state index is 0.238. The lowest BCUT2D eigenvalue weighted by molar-refractivity contribution is -0.305. The molecule has 1 aliphatic heterocycles. The third kappa shape index (κ3) is 3.79. The molecule has 2 aromatic carbocycles. The molecule has 5 nitrogen and oxygen atoms in total. The van der Waals surface area contributed by atoms with Crippen LogP contribution in [0.1, 0.15) is 42.0 Å². The summed E-state index contributed by atoms with van der Waals surface area (Å²) >= 11 is 0. The topological polar surface area (TPSA) is 72.8 Å². The number of rotatable bonds is 5. The average Bonchev–Trinajstić information content (AvgIpc) is 3.06. The molecule has 134 valence electrons. The maximum atomic E-state index is 14.3. The summed E-state index contributed by atoms with van der Waals surface area (Å²) < 4.78 is 14.3. The van der Waals surface area contributed by atoms with E-state index >= 15 is 0 Å². The number of aryl methyl sites for hydroxylation is 1. The maximum absolute atomic E-state index is 14.3. The van der Waals surface area contributed by atoms with Crippen LogP contribution in [0.15, 0.2) is 53.6 Å². The number of carboxylic acid groups (broad SMARTS) is 1. The predicted octanol–water partition coefficient (Wildman–Crippen LogP) is 2.34. The molecule has 26 heavy (non-hydrogen) atoms. The molecule has 1 unspecified atom stereocenters. The minimum Gasteiger partial charge on any atom is -0.550 e. The van der Waals surface area contributed by atoms with Crippen LogP contribution in [0.4, 0.5) is 4.39 Å². The first-order valence-electron chi connectivity index (χ1n) is 8.36. The number of hydrogen-bond donors (Lipinski definition) is 0. The van der Waals surface area contributed by atoms with Crippen molar-refractivity contribution in [2.75, 3.05) is 0 Å². The number of halogens is 1.